The molecule has 0 aliphatic carbocycles. The molecule has 1 fully saturated rings. The van der Waals surface area contributed by atoms with Gasteiger partial charge in [-0.1, -0.05) is 0 Å². The van der Waals surface area contributed by atoms with E-state index in [2.05, 4.69) is 10.2 Å². The van der Waals surface area contributed by atoms with Crippen LogP contribution < -0.4 is 15.1 Å². The minimum Gasteiger partial charge on any atom is -0.378 e. The number of nitro benzene ring substituents is 1. The third-order valence-corrected chi connectivity index (χ3v) is 6.56. The molecule has 10 nitrogen and oxygen atoms in total. The van der Waals surface area contributed by atoms with E-state index in [-0.39, 0.29) is 12.2 Å². The summed E-state index contributed by atoms with van der Waals surface area (Å²) in [5.41, 5.74) is -5.26. The van der Waals surface area contributed by atoms with E-state index in [0.29, 0.717) is 31.0 Å². The van der Waals surface area contributed by atoms with Crippen LogP contribution in [0.15, 0.2) is 47.4 Å². The van der Waals surface area contributed by atoms with Crippen molar-refractivity contribution in [2.24, 2.45) is 0 Å². The predicted octanol–water partition coefficient (Wildman–Crippen LogP) is 2.80. The van der Waals surface area contributed by atoms with E-state index < -0.39 is 36.8 Å². The Morgan fingerprint density at radius 3 is 2.35 bits per heavy atom. The summed E-state index contributed by atoms with van der Waals surface area (Å²) in [5, 5.41) is 14.0. The van der Waals surface area contributed by atoms with E-state index in [1.165, 1.54) is 7.05 Å². The molecule has 14 heteroatoms. The standard InChI is InChI=1S/C20H21F3N4O6S/c1-25(17-7-6-16(12-18(17)27(29)30)34(31,32)20(21,22)23)13-19(28)24-14-2-4-15(5-3-14)26-8-10-33-11-9-26/h2-7,12H,8-11,13H2,1H3,(H,24,28). The van der Waals surface area contributed by atoms with Crippen LogP contribution in [0.3, 0.4) is 0 Å². The molecule has 0 atom stereocenters. The van der Waals surface area contributed by atoms with E-state index in [4.69, 9.17) is 4.74 Å². The van der Waals surface area contributed by atoms with Crippen LogP contribution in [0.5, 0.6) is 0 Å². The normalized spacial score (nSPS) is 14.5. The van der Waals surface area contributed by atoms with Crippen LogP contribution in [-0.2, 0) is 19.4 Å². The van der Waals surface area contributed by atoms with Gasteiger partial charge < -0.3 is 19.9 Å². The average molecular weight is 502 g/mol. The lowest BCUT2D eigenvalue weighted by molar-refractivity contribution is -0.384. The number of likely N-dealkylation sites (N-methyl/N-ethyl adjacent to an activating group) is 1. The highest BCUT2D eigenvalue weighted by Crippen LogP contribution is 2.35. The zero-order valence-electron chi connectivity index (χ0n) is 17.9. The topological polar surface area (TPSA) is 122 Å². The maximum atomic E-state index is 12.8. The van der Waals surface area contributed by atoms with Gasteiger partial charge in [-0.2, -0.15) is 13.2 Å². The number of hydrogen-bond donors (Lipinski definition) is 1. The molecule has 2 aromatic carbocycles. The second kappa shape index (κ2) is 9.85. The Hall–Kier alpha value is -3.39. The summed E-state index contributed by atoms with van der Waals surface area (Å²) >= 11 is 0. The summed E-state index contributed by atoms with van der Waals surface area (Å²) in [7, 11) is -4.44. The molecule has 2 aromatic rings. The number of hydrogen-bond acceptors (Lipinski definition) is 8. The number of benzene rings is 2. The van der Waals surface area contributed by atoms with E-state index in [9.17, 15) is 36.5 Å². The molecule has 1 amide bonds. The summed E-state index contributed by atoms with van der Waals surface area (Å²) in [4.78, 5) is 24.8. The van der Waals surface area contributed by atoms with Gasteiger partial charge in [-0.15, -0.1) is 0 Å². The molecule has 34 heavy (non-hydrogen) atoms. The van der Waals surface area contributed by atoms with Gasteiger partial charge in [0.1, 0.15) is 5.69 Å². The van der Waals surface area contributed by atoms with Crippen molar-refractivity contribution in [1.29, 1.82) is 0 Å². The molecule has 1 saturated heterocycles. The van der Waals surface area contributed by atoms with Crippen LogP contribution in [0.2, 0.25) is 0 Å². The number of carbonyl (C=O) groups excluding carboxylic acids is 1. The Bertz CT molecular complexity index is 1170. The number of rotatable bonds is 7. The van der Waals surface area contributed by atoms with Crippen molar-refractivity contribution in [3.8, 4) is 0 Å². The summed E-state index contributed by atoms with van der Waals surface area (Å²) in [6, 6.07) is 8.86. The molecule has 0 saturated carbocycles. The van der Waals surface area contributed by atoms with Crippen molar-refractivity contribution in [3.63, 3.8) is 0 Å². The number of morpholine rings is 1. The van der Waals surface area contributed by atoms with Crippen LogP contribution in [-0.4, -0.2) is 64.7 Å². The third-order valence-electron chi connectivity index (χ3n) is 5.08. The van der Waals surface area contributed by atoms with Crippen LogP contribution >= 0.6 is 0 Å². The van der Waals surface area contributed by atoms with Gasteiger partial charge in [0.15, 0.2) is 0 Å². The van der Waals surface area contributed by atoms with E-state index in [1.807, 2.05) is 12.1 Å². The molecular weight excluding hydrogens is 481 g/mol. The molecule has 1 aliphatic heterocycles. The summed E-state index contributed by atoms with van der Waals surface area (Å²) in [6.07, 6.45) is 0. The van der Waals surface area contributed by atoms with Gasteiger partial charge in [0, 0.05) is 37.6 Å². The third kappa shape index (κ3) is 5.56. The van der Waals surface area contributed by atoms with Crippen molar-refractivity contribution in [2.45, 2.75) is 10.4 Å². The number of nitro groups is 1. The fourth-order valence-corrected chi connectivity index (χ4v) is 4.13. The first kappa shape index (κ1) is 25.2. The van der Waals surface area contributed by atoms with Gasteiger partial charge in [0.25, 0.3) is 15.5 Å². The Morgan fingerprint density at radius 1 is 1.18 bits per heavy atom. The average Bonchev–Trinajstić information content (AvgIpc) is 2.78. The van der Waals surface area contributed by atoms with Gasteiger partial charge in [-0.3, -0.25) is 14.9 Å². The molecule has 1 N–H and O–H groups in total. The first-order chi connectivity index (χ1) is 15.9. The second-order valence-corrected chi connectivity index (χ2v) is 9.35. The molecule has 0 aromatic heterocycles. The summed E-state index contributed by atoms with van der Waals surface area (Å²) in [6.45, 7) is 2.37. The van der Waals surface area contributed by atoms with Gasteiger partial charge in [0.2, 0.25) is 5.91 Å². The highest BCUT2D eigenvalue weighted by molar-refractivity contribution is 7.92. The Morgan fingerprint density at radius 2 is 1.79 bits per heavy atom. The molecule has 0 spiro atoms. The maximum Gasteiger partial charge on any atom is 0.501 e. The van der Waals surface area contributed by atoms with E-state index >= 15 is 0 Å². The quantitative estimate of drug-likeness (QED) is 0.453. The van der Waals surface area contributed by atoms with Gasteiger partial charge >= 0.3 is 5.51 Å². The largest absolute Gasteiger partial charge is 0.501 e. The zero-order valence-corrected chi connectivity index (χ0v) is 18.7. The minimum atomic E-state index is -5.76. The minimum absolute atomic E-state index is 0.219. The number of carbonyl (C=O) groups is 1. The first-order valence-corrected chi connectivity index (χ1v) is 11.4. The number of anilines is 3. The fraction of sp³-hybridized carbons (Fsp3) is 0.350. The Labute approximate surface area is 193 Å². The van der Waals surface area contributed by atoms with E-state index in [1.54, 1.807) is 12.1 Å². The zero-order chi connectivity index (χ0) is 25.1. The molecule has 1 aliphatic rings. The number of halogens is 3. The van der Waals surface area contributed by atoms with Crippen LogP contribution in [0.4, 0.5) is 35.9 Å². The van der Waals surface area contributed by atoms with Crippen molar-refractivity contribution in [1.82, 2.24) is 0 Å². The van der Waals surface area contributed by atoms with Gasteiger partial charge in [-0.25, -0.2) is 8.42 Å². The summed E-state index contributed by atoms with van der Waals surface area (Å²) in [5.74, 6) is -0.539. The molecule has 3 rings (SSSR count). The van der Waals surface area contributed by atoms with Gasteiger partial charge in [0.05, 0.1) is 29.6 Å². The van der Waals surface area contributed by atoms with Crippen LogP contribution in [0.1, 0.15) is 0 Å². The lowest BCUT2D eigenvalue weighted by Crippen LogP contribution is -2.36. The van der Waals surface area contributed by atoms with Crippen molar-refractivity contribution < 1.29 is 36.0 Å². The number of nitrogens with zero attached hydrogens (tertiary/aromatic N) is 3. The number of sulfone groups is 1. The van der Waals surface area contributed by atoms with E-state index in [0.717, 1.165) is 29.7 Å². The highest BCUT2D eigenvalue weighted by atomic mass is 32.2. The lowest BCUT2D eigenvalue weighted by atomic mass is 10.2. The fourth-order valence-electron chi connectivity index (χ4n) is 3.35. The Balaban J connectivity index is 1.71. The monoisotopic (exact) mass is 502 g/mol. The molecule has 0 radical (unpaired) electrons. The second-order valence-electron chi connectivity index (χ2n) is 7.41. The maximum absolute atomic E-state index is 12.8. The molecule has 0 unspecified atom stereocenters. The number of alkyl halides is 3. The first-order valence-electron chi connectivity index (χ1n) is 9.93. The molecule has 0 bridgehead atoms. The Kier molecular flexibility index (Phi) is 7.31. The molecular formula is C20H21F3N4O6S. The molecule has 184 valence electrons. The number of amides is 1. The predicted molar refractivity (Wildman–Crippen MR) is 118 cm³/mol. The molecule has 1 heterocycles. The van der Waals surface area contributed by atoms with Crippen LogP contribution in [0.25, 0.3) is 0 Å². The van der Waals surface area contributed by atoms with Gasteiger partial charge in [-0.05, 0) is 36.4 Å². The van der Waals surface area contributed by atoms with Crippen LogP contribution in [0, 0.1) is 10.1 Å². The number of ether oxygens (including phenoxy) is 1. The summed E-state index contributed by atoms with van der Waals surface area (Å²) < 4.78 is 66.8. The van der Waals surface area contributed by atoms with Crippen molar-refractivity contribution in [2.75, 3.05) is 55.0 Å². The highest BCUT2D eigenvalue weighted by Gasteiger charge is 2.47. The van der Waals surface area contributed by atoms with Crippen molar-refractivity contribution in [3.05, 3.63) is 52.6 Å². The SMILES string of the molecule is CN(CC(=O)Nc1ccc(N2CCOCC2)cc1)c1ccc(S(=O)(=O)C(F)(F)F)cc1[N+](=O)[O-]. The lowest BCUT2D eigenvalue weighted by Gasteiger charge is -2.29. The van der Waals surface area contributed by atoms with Crippen molar-refractivity contribution >= 4 is 38.5 Å². The number of nitrogens with one attached hydrogen (secondary N) is 1. The smallest absolute Gasteiger partial charge is 0.378 e.